The Morgan fingerprint density at radius 1 is 1.33 bits per heavy atom. The summed E-state index contributed by atoms with van der Waals surface area (Å²) in [6.07, 6.45) is 1.53. The number of carbonyl (C=O) groups excluding carboxylic acids is 1. The molecule has 0 bridgehead atoms. The first kappa shape index (κ1) is 16.7. The summed E-state index contributed by atoms with van der Waals surface area (Å²) in [5, 5.41) is 0.668. The fourth-order valence-corrected chi connectivity index (χ4v) is 3.03. The predicted molar refractivity (Wildman–Crippen MR) is 94.6 cm³/mol. The van der Waals surface area contributed by atoms with Crippen molar-refractivity contribution >= 4 is 23.3 Å². The van der Waals surface area contributed by atoms with E-state index >= 15 is 0 Å². The molecule has 0 N–H and O–H groups in total. The molecule has 6 heteroatoms. The van der Waals surface area contributed by atoms with Crippen LogP contribution < -0.4 is 4.90 Å². The number of halogens is 1. The van der Waals surface area contributed by atoms with Gasteiger partial charge in [0.15, 0.2) is 0 Å². The number of hydrogen-bond acceptors (Lipinski definition) is 4. The minimum atomic E-state index is -0.166. The second-order valence-electron chi connectivity index (χ2n) is 5.93. The highest BCUT2D eigenvalue weighted by molar-refractivity contribution is 6.30. The average molecular weight is 346 g/mol. The number of ether oxygens (including phenoxy) is 1. The van der Waals surface area contributed by atoms with E-state index < -0.39 is 0 Å². The van der Waals surface area contributed by atoms with E-state index in [1.807, 2.05) is 54.2 Å². The molecule has 0 aliphatic carbocycles. The largest absolute Gasteiger partial charge is 0.370 e. The molecular formula is C18H20ClN3O2. The third kappa shape index (κ3) is 3.52. The summed E-state index contributed by atoms with van der Waals surface area (Å²) in [5.74, 6) is 0.649. The van der Waals surface area contributed by atoms with E-state index in [4.69, 9.17) is 16.3 Å². The summed E-state index contributed by atoms with van der Waals surface area (Å²) in [6, 6.07) is 11.2. The Morgan fingerprint density at radius 2 is 2.17 bits per heavy atom. The van der Waals surface area contributed by atoms with Crippen LogP contribution in [0.25, 0.3) is 0 Å². The predicted octanol–water partition coefficient (Wildman–Crippen LogP) is 3.01. The average Bonchev–Trinajstić information content (AvgIpc) is 2.61. The number of aromatic nitrogens is 1. The van der Waals surface area contributed by atoms with E-state index in [1.54, 1.807) is 12.3 Å². The van der Waals surface area contributed by atoms with Gasteiger partial charge in [-0.15, -0.1) is 0 Å². The van der Waals surface area contributed by atoms with Crippen molar-refractivity contribution in [2.45, 2.75) is 6.10 Å². The molecule has 1 aliphatic heterocycles. The molecule has 5 nitrogen and oxygen atoms in total. The molecule has 2 aromatic rings. The normalized spacial score (nSPS) is 17.6. The molecule has 1 saturated heterocycles. The zero-order valence-electron chi connectivity index (χ0n) is 13.8. The third-order valence-electron chi connectivity index (χ3n) is 4.01. The van der Waals surface area contributed by atoms with Crippen LogP contribution in [0.2, 0.25) is 5.02 Å². The summed E-state index contributed by atoms with van der Waals surface area (Å²) >= 11 is 6.06. The van der Waals surface area contributed by atoms with Gasteiger partial charge in [0.05, 0.1) is 18.7 Å². The minimum absolute atomic E-state index is 0.0258. The molecule has 1 unspecified atom stereocenters. The van der Waals surface area contributed by atoms with Crippen LogP contribution >= 0.6 is 11.6 Å². The van der Waals surface area contributed by atoms with Crippen LogP contribution in [0.3, 0.4) is 0 Å². The van der Waals surface area contributed by atoms with Crippen LogP contribution in [0.5, 0.6) is 0 Å². The van der Waals surface area contributed by atoms with Crippen LogP contribution in [0.1, 0.15) is 22.0 Å². The minimum Gasteiger partial charge on any atom is -0.370 e. The summed E-state index contributed by atoms with van der Waals surface area (Å²) in [5.41, 5.74) is 1.59. The summed E-state index contributed by atoms with van der Waals surface area (Å²) in [7, 11) is 3.76. The van der Waals surface area contributed by atoms with E-state index in [1.165, 1.54) is 0 Å². The molecule has 2 heterocycles. The number of rotatable bonds is 3. The van der Waals surface area contributed by atoms with Crippen molar-refractivity contribution in [2.75, 3.05) is 38.7 Å². The van der Waals surface area contributed by atoms with E-state index in [-0.39, 0.29) is 12.0 Å². The Kier molecular flexibility index (Phi) is 5.02. The van der Waals surface area contributed by atoms with E-state index in [9.17, 15) is 4.79 Å². The number of hydrogen-bond donors (Lipinski definition) is 0. The lowest BCUT2D eigenvalue weighted by molar-refractivity contribution is -0.0228. The highest BCUT2D eigenvalue weighted by Crippen LogP contribution is 2.26. The smallest absolute Gasteiger partial charge is 0.257 e. The number of pyridine rings is 1. The van der Waals surface area contributed by atoms with E-state index in [0.717, 1.165) is 5.56 Å². The zero-order valence-corrected chi connectivity index (χ0v) is 14.5. The lowest BCUT2D eigenvalue weighted by Gasteiger charge is -2.33. The molecule has 1 amide bonds. The highest BCUT2D eigenvalue weighted by atomic mass is 35.5. The van der Waals surface area contributed by atoms with Gasteiger partial charge < -0.3 is 14.5 Å². The number of nitrogens with zero attached hydrogens (tertiary/aromatic N) is 3. The Bertz CT molecular complexity index is 736. The Balaban J connectivity index is 1.81. The van der Waals surface area contributed by atoms with Crippen molar-refractivity contribution in [3.8, 4) is 0 Å². The Labute approximate surface area is 146 Å². The molecule has 1 aromatic heterocycles. The summed E-state index contributed by atoms with van der Waals surface area (Å²) in [6.45, 7) is 1.57. The van der Waals surface area contributed by atoms with Gasteiger partial charge in [0.25, 0.3) is 5.91 Å². The van der Waals surface area contributed by atoms with Crippen LogP contribution in [0.4, 0.5) is 5.82 Å². The van der Waals surface area contributed by atoms with Gasteiger partial charge >= 0.3 is 0 Å². The quantitative estimate of drug-likeness (QED) is 0.858. The standard InChI is InChI=1S/C18H20ClN3O2/c1-21(2)17-15(7-4-8-20-17)18(23)22-9-10-24-16(12-22)13-5-3-6-14(19)11-13/h3-8,11,16H,9-10,12H2,1-2H3. The molecule has 1 aromatic carbocycles. The molecule has 1 aliphatic rings. The second-order valence-corrected chi connectivity index (χ2v) is 6.37. The van der Waals surface area contributed by atoms with Gasteiger partial charge in [-0.3, -0.25) is 4.79 Å². The lowest BCUT2D eigenvalue weighted by Crippen LogP contribution is -2.42. The maximum atomic E-state index is 12.9. The van der Waals surface area contributed by atoms with Gasteiger partial charge in [-0.2, -0.15) is 0 Å². The number of morpholine rings is 1. The van der Waals surface area contributed by atoms with Crippen molar-refractivity contribution in [3.63, 3.8) is 0 Å². The second kappa shape index (κ2) is 7.20. The number of anilines is 1. The molecule has 0 saturated carbocycles. The number of carbonyl (C=O) groups is 1. The van der Waals surface area contributed by atoms with Crippen molar-refractivity contribution in [2.24, 2.45) is 0 Å². The SMILES string of the molecule is CN(C)c1ncccc1C(=O)N1CCOC(c2cccc(Cl)c2)C1. The van der Waals surface area contributed by atoms with Crippen molar-refractivity contribution in [3.05, 3.63) is 58.7 Å². The van der Waals surface area contributed by atoms with Gasteiger partial charge in [0.1, 0.15) is 11.9 Å². The highest BCUT2D eigenvalue weighted by Gasteiger charge is 2.28. The Morgan fingerprint density at radius 3 is 2.92 bits per heavy atom. The molecule has 1 atom stereocenters. The third-order valence-corrected chi connectivity index (χ3v) is 4.25. The molecule has 3 rings (SSSR count). The maximum Gasteiger partial charge on any atom is 0.257 e. The lowest BCUT2D eigenvalue weighted by atomic mass is 10.1. The summed E-state index contributed by atoms with van der Waals surface area (Å²) in [4.78, 5) is 20.9. The fourth-order valence-electron chi connectivity index (χ4n) is 2.83. The van der Waals surface area contributed by atoms with Crippen LogP contribution in [-0.2, 0) is 4.74 Å². The first-order valence-electron chi connectivity index (χ1n) is 7.85. The van der Waals surface area contributed by atoms with Gasteiger partial charge in [0, 0.05) is 31.9 Å². The maximum absolute atomic E-state index is 12.9. The van der Waals surface area contributed by atoms with Crippen molar-refractivity contribution in [1.82, 2.24) is 9.88 Å². The van der Waals surface area contributed by atoms with Crippen LogP contribution in [0.15, 0.2) is 42.6 Å². The number of benzene rings is 1. The van der Waals surface area contributed by atoms with Crippen molar-refractivity contribution in [1.29, 1.82) is 0 Å². The number of amides is 1. The molecule has 0 radical (unpaired) electrons. The first-order chi connectivity index (χ1) is 11.6. The van der Waals surface area contributed by atoms with Crippen LogP contribution in [0, 0.1) is 0 Å². The Hall–Kier alpha value is -2.11. The topological polar surface area (TPSA) is 45.7 Å². The van der Waals surface area contributed by atoms with Crippen molar-refractivity contribution < 1.29 is 9.53 Å². The monoisotopic (exact) mass is 345 g/mol. The zero-order chi connectivity index (χ0) is 17.1. The summed E-state index contributed by atoms with van der Waals surface area (Å²) < 4.78 is 5.83. The molecule has 24 heavy (non-hydrogen) atoms. The van der Waals surface area contributed by atoms with Gasteiger partial charge in [-0.05, 0) is 29.8 Å². The molecule has 1 fully saturated rings. The van der Waals surface area contributed by atoms with Gasteiger partial charge in [-0.25, -0.2) is 4.98 Å². The molecule has 0 spiro atoms. The fraction of sp³-hybridized carbons (Fsp3) is 0.333. The van der Waals surface area contributed by atoms with E-state index in [2.05, 4.69) is 4.98 Å². The van der Waals surface area contributed by atoms with Crippen LogP contribution in [-0.4, -0.2) is 49.6 Å². The first-order valence-corrected chi connectivity index (χ1v) is 8.22. The van der Waals surface area contributed by atoms with E-state index in [0.29, 0.717) is 36.1 Å². The van der Waals surface area contributed by atoms with Gasteiger partial charge in [0.2, 0.25) is 0 Å². The molecule has 126 valence electrons. The van der Waals surface area contributed by atoms with Gasteiger partial charge in [-0.1, -0.05) is 23.7 Å². The molecular weight excluding hydrogens is 326 g/mol.